The number of methoxy groups -OCH3 is 1. The Bertz CT molecular complexity index is 1130. The molecule has 1 N–H and O–H groups in total. The van der Waals surface area contributed by atoms with E-state index in [0.29, 0.717) is 43.1 Å². The van der Waals surface area contributed by atoms with Gasteiger partial charge in [0.15, 0.2) is 5.82 Å². The van der Waals surface area contributed by atoms with Crippen LogP contribution < -0.4 is 19.9 Å². The molecule has 0 bridgehead atoms. The first-order valence-electron chi connectivity index (χ1n) is 10.4. The van der Waals surface area contributed by atoms with Gasteiger partial charge in [-0.15, -0.1) is 0 Å². The van der Waals surface area contributed by atoms with Crippen LogP contribution in [0.4, 0.5) is 23.1 Å². The van der Waals surface area contributed by atoms with Crippen molar-refractivity contribution in [2.45, 2.75) is 6.92 Å². The minimum Gasteiger partial charge on any atom is -0.494 e. The predicted molar refractivity (Wildman–Crippen MR) is 124 cm³/mol. The van der Waals surface area contributed by atoms with Gasteiger partial charge in [0.05, 0.1) is 44.2 Å². The second-order valence-corrected chi connectivity index (χ2v) is 7.58. The number of imidazole rings is 1. The lowest BCUT2D eigenvalue weighted by Gasteiger charge is -2.25. The van der Waals surface area contributed by atoms with Crippen LogP contribution in [0.3, 0.4) is 0 Å². The van der Waals surface area contributed by atoms with Crippen LogP contribution in [0.2, 0.25) is 0 Å². The summed E-state index contributed by atoms with van der Waals surface area (Å²) in [5.41, 5.74) is 3.09. The van der Waals surface area contributed by atoms with Crippen molar-refractivity contribution < 1.29 is 19.0 Å². The molecular formula is C22H27N7O4. The van der Waals surface area contributed by atoms with Crippen molar-refractivity contribution in [2.75, 3.05) is 62.9 Å². The molecule has 11 heteroatoms. The van der Waals surface area contributed by atoms with Crippen LogP contribution in [-0.4, -0.2) is 73.2 Å². The summed E-state index contributed by atoms with van der Waals surface area (Å²) in [6.07, 6.45) is 5.28. The van der Waals surface area contributed by atoms with Gasteiger partial charge in [0.1, 0.15) is 24.8 Å². The first-order valence-corrected chi connectivity index (χ1v) is 10.4. The maximum absolute atomic E-state index is 12.5. The minimum atomic E-state index is -0.189. The Morgan fingerprint density at radius 1 is 1.12 bits per heavy atom. The van der Waals surface area contributed by atoms with E-state index in [2.05, 4.69) is 20.3 Å². The van der Waals surface area contributed by atoms with Gasteiger partial charge < -0.3 is 33.9 Å². The van der Waals surface area contributed by atoms with Gasteiger partial charge in [-0.3, -0.25) is 4.79 Å². The Morgan fingerprint density at radius 3 is 2.70 bits per heavy atom. The van der Waals surface area contributed by atoms with Crippen LogP contribution in [0, 0.1) is 6.92 Å². The summed E-state index contributed by atoms with van der Waals surface area (Å²) in [6.45, 7) is 2.92. The molecule has 0 atom stereocenters. The predicted octanol–water partition coefficient (Wildman–Crippen LogP) is 2.13. The lowest BCUT2D eigenvalue weighted by atomic mass is 10.2. The summed E-state index contributed by atoms with van der Waals surface area (Å²) in [6, 6.07) is 5.70. The van der Waals surface area contributed by atoms with Crippen LogP contribution in [0.25, 0.3) is 5.69 Å². The smallest absolute Gasteiger partial charge is 0.252 e. The van der Waals surface area contributed by atoms with Crippen molar-refractivity contribution in [3.8, 4) is 11.4 Å². The van der Waals surface area contributed by atoms with Crippen LogP contribution in [0.15, 0.2) is 36.9 Å². The number of carbonyl (C=O) groups excluding carboxylic acids is 1. The van der Waals surface area contributed by atoms with E-state index in [9.17, 15) is 4.79 Å². The lowest BCUT2D eigenvalue weighted by Crippen LogP contribution is -2.32. The highest BCUT2D eigenvalue weighted by Crippen LogP contribution is 2.30. The van der Waals surface area contributed by atoms with Crippen LogP contribution in [0.5, 0.6) is 5.75 Å². The maximum atomic E-state index is 12.5. The van der Waals surface area contributed by atoms with E-state index < -0.39 is 0 Å². The highest BCUT2D eigenvalue weighted by atomic mass is 16.5. The molecule has 0 spiro atoms. The molecule has 0 fully saturated rings. The number of hydrogen-bond donors (Lipinski definition) is 1. The molecule has 33 heavy (non-hydrogen) atoms. The number of nitrogens with zero attached hydrogens (tertiary/aromatic N) is 6. The molecule has 11 nitrogen and oxygen atoms in total. The molecule has 0 aliphatic carbocycles. The van der Waals surface area contributed by atoms with Gasteiger partial charge >= 0.3 is 0 Å². The number of amides is 1. The first-order chi connectivity index (χ1) is 16.0. The van der Waals surface area contributed by atoms with E-state index >= 15 is 0 Å². The van der Waals surface area contributed by atoms with E-state index in [1.54, 1.807) is 26.7 Å². The van der Waals surface area contributed by atoms with Crippen molar-refractivity contribution in [2.24, 2.45) is 0 Å². The maximum Gasteiger partial charge on any atom is 0.252 e. The molecule has 174 valence electrons. The fourth-order valence-electron chi connectivity index (χ4n) is 3.37. The normalized spacial score (nSPS) is 15.1. The van der Waals surface area contributed by atoms with Crippen LogP contribution >= 0.6 is 0 Å². The summed E-state index contributed by atoms with van der Waals surface area (Å²) in [5, 5.41) is 3.21. The van der Waals surface area contributed by atoms with Gasteiger partial charge in [0, 0.05) is 32.0 Å². The summed E-state index contributed by atoms with van der Waals surface area (Å²) in [7, 11) is 5.14. The Labute approximate surface area is 191 Å². The number of nitrogens with one attached hydrogen (secondary N) is 1. The first kappa shape index (κ1) is 22.5. The monoisotopic (exact) mass is 453 g/mol. The number of aryl methyl sites for hydroxylation is 1. The van der Waals surface area contributed by atoms with E-state index in [4.69, 9.17) is 14.2 Å². The Balaban J connectivity index is 1.63. The van der Waals surface area contributed by atoms with E-state index in [1.165, 1.54) is 4.90 Å². The molecule has 4 rings (SSSR count). The molecule has 0 unspecified atom stereocenters. The molecule has 0 saturated carbocycles. The summed E-state index contributed by atoms with van der Waals surface area (Å²) < 4.78 is 18.5. The third-order valence-corrected chi connectivity index (χ3v) is 5.16. The van der Waals surface area contributed by atoms with Crippen molar-refractivity contribution in [3.05, 3.63) is 42.6 Å². The average Bonchev–Trinajstić information content (AvgIpc) is 3.25. The molecule has 0 saturated heterocycles. The number of benzene rings is 1. The van der Waals surface area contributed by atoms with Gasteiger partial charge in [0.25, 0.3) is 5.91 Å². The van der Waals surface area contributed by atoms with Gasteiger partial charge in [-0.05, 0) is 19.1 Å². The molecule has 0 radical (unpaired) electrons. The molecule has 1 aliphatic heterocycles. The molecule has 3 heterocycles. The molecule has 1 aliphatic rings. The molecule has 1 aromatic carbocycles. The number of likely N-dealkylation sites (N-methyl/N-ethyl adjacent to an activating group) is 1. The zero-order valence-electron chi connectivity index (χ0n) is 19.1. The molecule has 2 aromatic heterocycles. The summed E-state index contributed by atoms with van der Waals surface area (Å²) >= 11 is 0. The SMILES string of the molecule is COc1cc(Nc2ncc3c(n2)N(C)COCCOCC(=O)N3C)ccc1-n1cnc(C)c1. The number of aromatic nitrogens is 4. The Kier molecular flexibility index (Phi) is 6.71. The molecule has 3 aromatic rings. The number of anilines is 4. The number of hydrogen-bond acceptors (Lipinski definition) is 9. The number of rotatable bonds is 4. The fourth-order valence-corrected chi connectivity index (χ4v) is 3.37. The lowest BCUT2D eigenvalue weighted by molar-refractivity contribution is -0.123. The van der Waals surface area contributed by atoms with Crippen molar-refractivity contribution in [3.63, 3.8) is 0 Å². The fraction of sp³-hybridized carbons (Fsp3) is 0.364. The standard InChI is InChI=1S/C22H27N7O4/c1-15-11-29(13-24-15)17-6-5-16(9-19(17)31-4)25-22-23-10-18-21(26-22)27(2)14-33-8-7-32-12-20(30)28(18)3/h5-6,9-11,13H,7-8,12,14H2,1-4H3,(H,23,25,26). The quantitative estimate of drug-likeness (QED) is 0.636. The zero-order chi connectivity index (χ0) is 23.4. The topological polar surface area (TPSA) is 107 Å². The molecule has 1 amide bonds. The molecular weight excluding hydrogens is 426 g/mol. The summed E-state index contributed by atoms with van der Waals surface area (Å²) in [4.78, 5) is 29.1. The number of carbonyl (C=O) groups is 1. The highest BCUT2D eigenvalue weighted by Gasteiger charge is 2.21. The van der Waals surface area contributed by atoms with Gasteiger partial charge in [-0.1, -0.05) is 0 Å². The van der Waals surface area contributed by atoms with Crippen molar-refractivity contribution in [1.82, 2.24) is 19.5 Å². The van der Waals surface area contributed by atoms with E-state index in [-0.39, 0.29) is 12.5 Å². The summed E-state index contributed by atoms with van der Waals surface area (Å²) in [5.74, 6) is 1.41. The van der Waals surface area contributed by atoms with E-state index in [1.807, 2.05) is 47.8 Å². The Morgan fingerprint density at radius 2 is 1.94 bits per heavy atom. The number of fused-ring (bicyclic) bond motifs is 1. The van der Waals surface area contributed by atoms with Gasteiger partial charge in [0.2, 0.25) is 5.95 Å². The number of ether oxygens (including phenoxy) is 3. The second kappa shape index (κ2) is 9.84. The Hall–Kier alpha value is -3.70. The van der Waals surface area contributed by atoms with Gasteiger partial charge in [-0.2, -0.15) is 4.98 Å². The minimum absolute atomic E-state index is 0.0361. The highest BCUT2D eigenvalue weighted by molar-refractivity contribution is 5.96. The van der Waals surface area contributed by atoms with Crippen LogP contribution in [0.1, 0.15) is 5.69 Å². The van der Waals surface area contributed by atoms with Crippen LogP contribution in [-0.2, 0) is 14.3 Å². The zero-order valence-corrected chi connectivity index (χ0v) is 19.1. The average molecular weight is 454 g/mol. The van der Waals surface area contributed by atoms with Gasteiger partial charge in [-0.25, -0.2) is 9.97 Å². The third kappa shape index (κ3) is 5.04. The third-order valence-electron chi connectivity index (χ3n) is 5.16. The second-order valence-electron chi connectivity index (χ2n) is 7.58. The largest absolute Gasteiger partial charge is 0.494 e. The van der Waals surface area contributed by atoms with Crippen molar-refractivity contribution >= 4 is 29.0 Å². The van der Waals surface area contributed by atoms with E-state index in [0.717, 1.165) is 17.1 Å². The van der Waals surface area contributed by atoms with Crippen molar-refractivity contribution in [1.29, 1.82) is 0 Å².